The number of aryl methyl sites for hydroxylation is 1. The number of nitrogens with one attached hydrogen (secondary N) is 2. The van der Waals surface area contributed by atoms with Crippen LogP contribution in [-0.2, 0) is 20.1 Å². The standard InChI is InChI=1S/C19H24N6S/c1-14(16-8-5-4-6-9-16)22-19(20-12-17-10-7-11-26-17)21-13-18-24-23-15(2)25(18)3/h4-11,14H,12-13H2,1-3H3,(H2,20,21,22). The third kappa shape index (κ3) is 4.70. The summed E-state index contributed by atoms with van der Waals surface area (Å²) in [5.74, 6) is 2.48. The zero-order chi connectivity index (χ0) is 18.4. The van der Waals surface area contributed by atoms with Crippen LogP contribution in [0.4, 0.5) is 0 Å². The van der Waals surface area contributed by atoms with Crippen molar-refractivity contribution in [3.63, 3.8) is 0 Å². The van der Waals surface area contributed by atoms with Crippen molar-refractivity contribution in [2.24, 2.45) is 12.0 Å². The topological polar surface area (TPSA) is 67.1 Å². The Bertz CT molecular complexity index is 838. The van der Waals surface area contributed by atoms with Gasteiger partial charge in [-0.3, -0.25) is 0 Å². The van der Waals surface area contributed by atoms with E-state index in [2.05, 4.69) is 57.4 Å². The van der Waals surface area contributed by atoms with Gasteiger partial charge in [-0.05, 0) is 30.9 Å². The van der Waals surface area contributed by atoms with Crippen molar-refractivity contribution in [2.75, 3.05) is 0 Å². The molecule has 2 heterocycles. The molecule has 2 aromatic heterocycles. The van der Waals surface area contributed by atoms with Crippen LogP contribution in [0.5, 0.6) is 0 Å². The number of aromatic nitrogens is 3. The fraction of sp³-hybridized carbons (Fsp3) is 0.316. The largest absolute Gasteiger partial charge is 0.351 e. The first-order chi connectivity index (χ1) is 12.6. The molecule has 0 aliphatic carbocycles. The number of hydrogen-bond acceptors (Lipinski definition) is 4. The fourth-order valence-electron chi connectivity index (χ4n) is 2.51. The van der Waals surface area contributed by atoms with Gasteiger partial charge < -0.3 is 15.2 Å². The van der Waals surface area contributed by atoms with Crippen LogP contribution in [0.1, 0.15) is 35.1 Å². The minimum Gasteiger partial charge on any atom is -0.351 e. The van der Waals surface area contributed by atoms with Crippen molar-refractivity contribution >= 4 is 17.3 Å². The Morgan fingerprint density at radius 1 is 1.19 bits per heavy atom. The zero-order valence-corrected chi connectivity index (χ0v) is 16.1. The molecule has 3 aromatic rings. The van der Waals surface area contributed by atoms with E-state index in [9.17, 15) is 0 Å². The lowest BCUT2D eigenvalue weighted by Crippen LogP contribution is -2.38. The number of thiophene rings is 1. The Labute approximate surface area is 158 Å². The summed E-state index contributed by atoms with van der Waals surface area (Å²) < 4.78 is 1.96. The maximum absolute atomic E-state index is 4.71. The van der Waals surface area contributed by atoms with E-state index >= 15 is 0 Å². The van der Waals surface area contributed by atoms with Gasteiger partial charge in [0.2, 0.25) is 0 Å². The molecule has 0 amide bonds. The molecule has 0 aliphatic rings. The van der Waals surface area contributed by atoms with Crippen LogP contribution in [0.15, 0.2) is 52.8 Å². The molecule has 0 fully saturated rings. The second-order valence-electron chi connectivity index (χ2n) is 6.10. The van der Waals surface area contributed by atoms with Crippen molar-refractivity contribution in [1.82, 2.24) is 25.4 Å². The third-order valence-electron chi connectivity index (χ3n) is 4.22. The first-order valence-electron chi connectivity index (χ1n) is 8.60. The molecule has 3 rings (SSSR count). The second-order valence-corrected chi connectivity index (χ2v) is 7.13. The molecule has 0 saturated heterocycles. The van der Waals surface area contributed by atoms with Gasteiger partial charge in [0.15, 0.2) is 11.8 Å². The van der Waals surface area contributed by atoms with E-state index in [0.29, 0.717) is 6.54 Å². The number of guanidine groups is 1. The zero-order valence-electron chi connectivity index (χ0n) is 15.3. The van der Waals surface area contributed by atoms with Crippen LogP contribution in [-0.4, -0.2) is 20.7 Å². The molecule has 0 bridgehead atoms. The number of aliphatic imine (C=N–C) groups is 1. The molecule has 136 valence electrons. The van der Waals surface area contributed by atoms with Crippen molar-refractivity contribution in [2.45, 2.75) is 33.0 Å². The molecular weight excluding hydrogens is 344 g/mol. The SMILES string of the molecule is Cc1nnc(CN=C(NCc2cccs2)NC(C)c2ccccc2)n1C. The average Bonchev–Trinajstić information content (AvgIpc) is 3.29. The molecule has 1 unspecified atom stereocenters. The molecule has 0 aliphatic heterocycles. The van der Waals surface area contributed by atoms with Crippen molar-refractivity contribution in [3.05, 3.63) is 69.9 Å². The molecule has 0 spiro atoms. The van der Waals surface area contributed by atoms with E-state index in [1.165, 1.54) is 10.4 Å². The van der Waals surface area contributed by atoms with E-state index in [-0.39, 0.29) is 6.04 Å². The van der Waals surface area contributed by atoms with Gasteiger partial charge in [0.1, 0.15) is 12.4 Å². The van der Waals surface area contributed by atoms with E-state index < -0.39 is 0 Å². The van der Waals surface area contributed by atoms with Gasteiger partial charge >= 0.3 is 0 Å². The van der Waals surface area contributed by atoms with E-state index in [1.807, 2.05) is 36.7 Å². The normalized spacial score (nSPS) is 12.8. The summed E-state index contributed by atoms with van der Waals surface area (Å²) >= 11 is 1.73. The molecule has 0 saturated carbocycles. The minimum absolute atomic E-state index is 0.145. The number of nitrogens with zero attached hydrogens (tertiary/aromatic N) is 4. The van der Waals surface area contributed by atoms with Crippen LogP contribution >= 0.6 is 11.3 Å². The summed E-state index contributed by atoms with van der Waals surface area (Å²) in [6.45, 7) is 5.28. The Morgan fingerprint density at radius 3 is 2.65 bits per heavy atom. The first-order valence-corrected chi connectivity index (χ1v) is 9.48. The molecule has 26 heavy (non-hydrogen) atoms. The van der Waals surface area contributed by atoms with Crippen LogP contribution in [0, 0.1) is 6.92 Å². The highest BCUT2D eigenvalue weighted by Gasteiger charge is 2.09. The highest BCUT2D eigenvalue weighted by atomic mass is 32.1. The van der Waals surface area contributed by atoms with E-state index in [4.69, 9.17) is 4.99 Å². The lowest BCUT2D eigenvalue weighted by atomic mass is 10.1. The quantitative estimate of drug-likeness (QED) is 0.518. The fourth-order valence-corrected chi connectivity index (χ4v) is 3.15. The minimum atomic E-state index is 0.145. The van der Waals surface area contributed by atoms with Crippen molar-refractivity contribution < 1.29 is 0 Å². The van der Waals surface area contributed by atoms with Crippen LogP contribution in [0.3, 0.4) is 0 Å². The summed E-state index contributed by atoms with van der Waals surface area (Å²) in [6.07, 6.45) is 0. The lowest BCUT2D eigenvalue weighted by molar-refractivity contribution is 0.677. The lowest BCUT2D eigenvalue weighted by Gasteiger charge is -2.18. The Balaban J connectivity index is 1.71. The maximum atomic E-state index is 4.71. The van der Waals surface area contributed by atoms with Gasteiger partial charge in [-0.2, -0.15) is 0 Å². The monoisotopic (exact) mass is 368 g/mol. The number of benzene rings is 1. The average molecular weight is 369 g/mol. The predicted molar refractivity (Wildman–Crippen MR) is 106 cm³/mol. The summed E-state index contributed by atoms with van der Waals surface area (Å²) in [6, 6.07) is 14.7. The molecule has 7 heteroatoms. The van der Waals surface area contributed by atoms with Crippen LogP contribution in [0.25, 0.3) is 0 Å². The number of rotatable bonds is 6. The van der Waals surface area contributed by atoms with Crippen LogP contribution < -0.4 is 10.6 Å². The van der Waals surface area contributed by atoms with Crippen molar-refractivity contribution in [3.8, 4) is 0 Å². The van der Waals surface area contributed by atoms with E-state index in [1.54, 1.807) is 11.3 Å². The molecule has 2 N–H and O–H groups in total. The summed E-state index contributed by atoms with van der Waals surface area (Å²) in [5.41, 5.74) is 1.22. The Kier molecular flexibility index (Phi) is 6.01. The summed E-state index contributed by atoms with van der Waals surface area (Å²) in [4.78, 5) is 5.97. The van der Waals surface area contributed by atoms with Gasteiger partial charge in [-0.1, -0.05) is 36.4 Å². The number of hydrogen-bond donors (Lipinski definition) is 2. The maximum Gasteiger partial charge on any atom is 0.192 e. The van der Waals surface area contributed by atoms with E-state index in [0.717, 1.165) is 24.2 Å². The highest BCUT2D eigenvalue weighted by molar-refractivity contribution is 7.09. The van der Waals surface area contributed by atoms with Gasteiger partial charge in [0.05, 0.1) is 12.6 Å². The summed E-state index contributed by atoms with van der Waals surface area (Å²) in [5, 5.41) is 17.2. The molecular formula is C19H24N6S. The van der Waals surface area contributed by atoms with Crippen LogP contribution in [0.2, 0.25) is 0 Å². The molecule has 1 aromatic carbocycles. The second kappa shape index (κ2) is 8.62. The predicted octanol–water partition coefficient (Wildman–Crippen LogP) is 3.18. The molecule has 6 nitrogen and oxygen atoms in total. The third-order valence-corrected chi connectivity index (χ3v) is 5.10. The summed E-state index contributed by atoms with van der Waals surface area (Å²) in [7, 11) is 1.96. The van der Waals surface area contributed by atoms with Gasteiger partial charge in [0, 0.05) is 11.9 Å². The van der Waals surface area contributed by atoms with Gasteiger partial charge in [-0.15, -0.1) is 21.5 Å². The smallest absolute Gasteiger partial charge is 0.192 e. The first kappa shape index (κ1) is 18.1. The Morgan fingerprint density at radius 2 is 2.00 bits per heavy atom. The highest BCUT2D eigenvalue weighted by Crippen LogP contribution is 2.12. The molecule has 0 radical (unpaired) electrons. The van der Waals surface area contributed by atoms with Gasteiger partial charge in [0.25, 0.3) is 0 Å². The van der Waals surface area contributed by atoms with Gasteiger partial charge in [-0.25, -0.2) is 4.99 Å². The Hall–Kier alpha value is -2.67. The van der Waals surface area contributed by atoms with Crippen molar-refractivity contribution in [1.29, 1.82) is 0 Å². The molecule has 1 atom stereocenters.